The molecule has 7 nitrogen and oxygen atoms in total. The first-order valence-electron chi connectivity index (χ1n) is 8.64. The topological polar surface area (TPSA) is 92.9 Å². The summed E-state index contributed by atoms with van der Waals surface area (Å²) >= 11 is 1.26. The van der Waals surface area contributed by atoms with Crippen LogP contribution < -0.4 is 5.32 Å². The second-order valence-electron chi connectivity index (χ2n) is 6.20. The molecule has 0 saturated heterocycles. The molecular weight excluding hydrogens is 374 g/mol. The van der Waals surface area contributed by atoms with E-state index in [0.29, 0.717) is 10.8 Å². The number of carbonyl (C=O) groups is 1. The molecular formula is C20H17N5O2S. The highest BCUT2D eigenvalue weighted by molar-refractivity contribution is 8.00. The fourth-order valence-corrected chi connectivity index (χ4v) is 3.54. The number of nitrogens with one attached hydrogen (secondary N) is 1. The molecule has 1 amide bonds. The van der Waals surface area contributed by atoms with Crippen LogP contribution in [0.1, 0.15) is 6.92 Å². The Bertz CT molecular complexity index is 1130. The molecule has 0 unspecified atom stereocenters. The minimum atomic E-state index is -0.409. The molecule has 2 N–H and O–H groups in total. The normalized spacial score (nSPS) is 12.0. The number of thioether (sulfide) groups is 1. The van der Waals surface area contributed by atoms with Crippen molar-refractivity contribution in [3.05, 3.63) is 66.7 Å². The maximum absolute atomic E-state index is 12.6. The molecule has 4 aromatic rings. The van der Waals surface area contributed by atoms with Gasteiger partial charge in [-0.3, -0.25) is 4.79 Å². The standard InChI is InChI=1S/C20H17N5O2S/c1-13(19(27)21-16-7-6-14-4-2-3-5-15(14)12-16)28-20-22-23-24-25(20)17-8-10-18(26)11-9-17/h2-13,26H,1H3,(H,21,27)/t13-/m1/s1. The Balaban J connectivity index is 1.47. The number of carbonyl (C=O) groups excluding carboxylic acids is 1. The van der Waals surface area contributed by atoms with Crippen molar-refractivity contribution >= 4 is 34.1 Å². The first-order valence-corrected chi connectivity index (χ1v) is 9.52. The van der Waals surface area contributed by atoms with E-state index in [4.69, 9.17) is 0 Å². The van der Waals surface area contributed by atoms with Crippen molar-refractivity contribution in [3.63, 3.8) is 0 Å². The van der Waals surface area contributed by atoms with Crippen LogP contribution in [-0.2, 0) is 4.79 Å². The van der Waals surface area contributed by atoms with E-state index in [9.17, 15) is 9.90 Å². The number of phenolic OH excluding ortho intramolecular Hbond substituents is 1. The SMILES string of the molecule is C[C@@H](Sc1nnnn1-c1ccc(O)cc1)C(=O)Nc1ccc2ccccc2c1. The maximum Gasteiger partial charge on any atom is 0.237 e. The molecule has 140 valence electrons. The number of aromatic nitrogens is 4. The number of hydrogen-bond acceptors (Lipinski definition) is 6. The van der Waals surface area contributed by atoms with Gasteiger partial charge in [0, 0.05) is 5.69 Å². The average molecular weight is 391 g/mol. The Morgan fingerprint density at radius 1 is 1.07 bits per heavy atom. The summed E-state index contributed by atoms with van der Waals surface area (Å²) in [6.45, 7) is 1.80. The molecule has 4 rings (SSSR count). The molecule has 0 fully saturated rings. The van der Waals surface area contributed by atoms with Crippen LogP contribution >= 0.6 is 11.8 Å². The van der Waals surface area contributed by atoms with Crippen LogP contribution in [-0.4, -0.2) is 36.5 Å². The van der Waals surface area contributed by atoms with E-state index < -0.39 is 5.25 Å². The van der Waals surface area contributed by atoms with E-state index >= 15 is 0 Å². The summed E-state index contributed by atoms with van der Waals surface area (Å²) in [4.78, 5) is 12.6. The summed E-state index contributed by atoms with van der Waals surface area (Å²) in [7, 11) is 0. The van der Waals surface area contributed by atoms with Gasteiger partial charge in [-0.1, -0.05) is 42.1 Å². The van der Waals surface area contributed by atoms with Gasteiger partial charge in [0.25, 0.3) is 0 Å². The molecule has 0 spiro atoms. The highest BCUT2D eigenvalue weighted by Crippen LogP contribution is 2.25. The third-order valence-electron chi connectivity index (χ3n) is 4.20. The van der Waals surface area contributed by atoms with E-state index in [0.717, 1.165) is 16.5 Å². The lowest BCUT2D eigenvalue weighted by Crippen LogP contribution is -2.22. The predicted octanol–water partition coefficient (Wildman–Crippen LogP) is 3.64. The number of aromatic hydroxyl groups is 1. The highest BCUT2D eigenvalue weighted by atomic mass is 32.2. The lowest BCUT2D eigenvalue weighted by atomic mass is 10.1. The molecule has 3 aromatic carbocycles. The summed E-state index contributed by atoms with van der Waals surface area (Å²) in [6, 6.07) is 20.3. The van der Waals surface area contributed by atoms with Crippen LogP contribution in [0.2, 0.25) is 0 Å². The van der Waals surface area contributed by atoms with E-state index in [2.05, 4.69) is 20.8 Å². The summed E-state index contributed by atoms with van der Waals surface area (Å²) in [5.74, 6) is 0.0229. The first kappa shape index (κ1) is 18.0. The van der Waals surface area contributed by atoms with Crippen LogP contribution in [0.4, 0.5) is 5.69 Å². The smallest absolute Gasteiger partial charge is 0.237 e. The molecule has 0 aliphatic rings. The average Bonchev–Trinajstić information content (AvgIpc) is 3.16. The quantitative estimate of drug-likeness (QED) is 0.505. The zero-order valence-corrected chi connectivity index (χ0v) is 15.8. The summed E-state index contributed by atoms with van der Waals surface area (Å²) < 4.78 is 1.53. The fraction of sp³-hybridized carbons (Fsp3) is 0.100. The van der Waals surface area contributed by atoms with Gasteiger partial charge in [-0.05, 0) is 64.5 Å². The van der Waals surface area contributed by atoms with Gasteiger partial charge in [-0.15, -0.1) is 5.10 Å². The van der Waals surface area contributed by atoms with Crippen LogP contribution in [0.15, 0.2) is 71.9 Å². The van der Waals surface area contributed by atoms with E-state index in [1.54, 1.807) is 31.2 Å². The summed E-state index contributed by atoms with van der Waals surface area (Å²) in [6.07, 6.45) is 0. The zero-order chi connectivity index (χ0) is 19.5. The van der Waals surface area contributed by atoms with Gasteiger partial charge in [0.05, 0.1) is 10.9 Å². The third-order valence-corrected chi connectivity index (χ3v) is 5.24. The number of rotatable bonds is 5. The van der Waals surface area contributed by atoms with Gasteiger partial charge >= 0.3 is 0 Å². The Hall–Kier alpha value is -3.39. The Kier molecular flexibility index (Phi) is 4.94. The van der Waals surface area contributed by atoms with Gasteiger partial charge in [-0.25, -0.2) is 0 Å². The van der Waals surface area contributed by atoms with Gasteiger partial charge in [0.1, 0.15) is 5.75 Å². The second-order valence-corrected chi connectivity index (χ2v) is 7.51. The lowest BCUT2D eigenvalue weighted by molar-refractivity contribution is -0.115. The molecule has 0 saturated carbocycles. The highest BCUT2D eigenvalue weighted by Gasteiger charge is 2.19. The number of nitrogens with zero attached hydrogens (tertiary/aromatic N) is 4. The molecule has 0 aliphatic heterocycles. The zero-order valence-electron chi connectivity index (χ0n) is 15.0. The van der Waals surface area contributed by atoms with Gasteiger partial charge < -0.3 is 10.4 Å². The van der Waals surface area contributed by atoms with Gasteiger partial charge in [0.2, 0.25) is 11.1 Å². The molecule has 0 aliphatic carbocycles. The Morgan fingerprint density at radius 3 is 2.61 bits per heavy atom. The number of anilines is 1. The van der Waals surface area contributed by atoms with Crippen molar-refractivity contribution in [2.45, 2.75) is 17.3 Å². The van der Waals surface area contributed by atoms with Crippen LogP contribution in [0.25, 0.3) is 16.5 Å². The minimum absolute atomic E-state index is 0.138. The molecule has 1 aromatic heterocycles. The number of hydrogen-bond donors (Lipinski definition) is 2. The van der Waals surface area contributed by atoms with Crippen molar-refractivity contribution in [3.8, 4) is 11.4 Å². The van der Waals surface area contributed by atoms with Crippen molar-refractivity contribution in [2.75, 3.05) is 5.32 Å². The summed E-state index contributed by atoms with van der Waals surface area (Å²) in [5.41, 5.74) is 1.45. The molecule has 0 bridgehead atoms. The van der Waals surface area contributed by atoms with Crippen molar-refractivity contribution < 1.29 is 9.90 Å². The van der Waals surface area contributed by atoms with Crippen LogP contribution in [0, 0.1) is 0 Å². The lowest BCUT2D eigenvalue weighted by Gasteiger charge is -2.12. The number of amides is 1. The number of fused-ring (bicyclic) bond motifs is 1. The predicted molar refractivity (Wildman–Crippen MR) is 109 cm³/mol. The van der Waals surface area contributed by atoms with Crippen molar-refractivity contribution in [2.24, 2.45) is 0 Å². The monoisotopic (exact) mass is 391 g/mol. The number of tetrazole rings is 1. The molecule has 28 heavy (non-hydrogen) atoms. The molecule has 1 atom stereocenters. The Labute approximate surface area is 165 Å². The number of phenols is 1. The van der Waals surface area contributed by atoms with E-state index in [-0.39, 0.29) is 11.7 Å². The van der Waals surface area contributed by atoms with Crippen molar-refractivity contribution in [1.29, 1.82) is 0 Å². The van der Waals surface area contributed by atoms with Gasteiger partial charge in [0.15, 0.2) is 0 Å². The van der Waals surface area contributed by atoms with Crippen LogP contribution in [0.3, 0.4) is 0 Å². The minimum Gasteiger partial charge on any atom is -0.508 e. The van der Waals surface area contributed by atoms with E-state index in [1.165, 1.54) is 16.4 Å². The van der Waals surface area contributed by atoms with Gasteiger partial charge in [-0.2, -0.15) is 4.68 Å². The van der Waals surface area contributed by atoms with Crippen LogP contribution in [0.5, 0.6) is 5.75 Å². The molecule has 8 heteroatoms. The maximum atomic E-state index is 12.6. The Morgan fingerprint density at radius 2 is 1.82 bits per heavy atom. The molecule has 0 radical (unpaired) electrons. The molecule has 1 heterocycles. The van der Waals surface area contributed by atoms with Crippen molar-refractivity contribution in [1.82, 2.24) is 20.2 Å². The first-order chi connectivity index (χ1) is 13.6. The number of benzene rings is 3. The van der Waals surface area contributed by atoms with E-state index in [1.807, 2.05) is 42.5 Å². The fourth-order valence-electron chi connectivity index (χ4n) is 2.73. The largest absolute Gasteiger partial charge is 0.508 e. The third kappa shape index (κ3) is 3.81. The second kappa shape index (κ2) is 7.69. The summed E-state index contributed by atoms with van der Waals surface area (Å²) in [5, 5.41) is 26.3.